The Labute approximate surface area is 119 Å². The Morgan fingerprint density at radius 3 is 2.58 bits per heavy atom. The van der Waals surface area contributed by atoms with E-state index in [2.05, 4.69) is 0 Å². The zero-order chi connectivity index (χ0) is 14.0. The Morgan fingerprint density at radius 1 is 1.11 bits per heavy atom. The van der Waals surface area contributed by atoms with Crippen molar-refractivity contribution in [3.8, 4) is 0 Å². The second-order valence-corrected chi connectivity index (χ2v) is 5.03. The Kier molecular flexibility index (Phi) is 4.40. The highest BCUT2D eigenvalue weighted by Crippen LogP contribution is 2.28. The summed E-state index contributed by atoms with van der Waals surface area (Å²) >= 11 is 11.9. The molecule has 1 nitrogen and oxygen atoms in total. The SMILES string of the molecule is NC(Cc1cccc(F)c1F)c1cc(Cl)ccc1Cl. The summed E-state index contributed by atoms with van der Waals surface area (Å²) < 4.78 is 26.7. The summed E-state index contributed by atoms with van der Waals surface area (Å²) in [7, 11) is 0. The van der Waals surface area contributed by atoms with Crippen molar-refractivity contribution in [3.63, 3.8) is 0 Å². The lowest BCUT2D eigenvalue weighted by atomic mass is 9.99. The van der Waals surface area contributed by atoms with Gasteiger partial charge in [0.25, 0.3) is 0 Å². The zero-order valence-electron chi connectivity index (χ0n) is 9.84. The van der Waals surface area contributed by atoms with Crippen molar-refractivity contribution in [2.45, 2.75) is 12.5 Å². The molecule has 2 N–H and O–H groups in total. The summed E-state index contributed by atoms with van der Waals surface area (Å²) in [5.41, 5.74) is 6.80. The van der Waals surface area contributed by atoms with E-state index in [-0.39, 0.29) is 12.0 Å². The molecule has 1 atom stereocenters. The van der Waals surface area contributed by atoms with Crippen LogP contribution in [0.4, 0.5) is 8.78 Å². The molecule has 2 aromatic rings. The maximum absolute atomic E-state index is 13.6. The number of hydrogen-bond acceptors (Lipinski definition) is 1. The Morgan fingerprint density at radius 2 is 1.84 bits per heavy atom. The minimum atomic E-state index is -0.887. The third-order valence-electron chi connectivity index (χ3n) is 2.83. The maximum atomic E-state index is 13.6. The summed E-state index contributed by atoms with van der Waals surface area (Å²) in [6, 6.07) is 8.35. The first-order valence-electron chi connectivity index (χ1n) is 5.62. The smallest absolute Gasteiger partial charge is 0.162 e. The lowest BCUT2D eigenvalue weighted by Crippen LogP contribution is -2.15. The van der Waals surface area contributed by atoms with Crippen molar-refractivity contribution in [2.75, 3.05) is 0 Å². The van der Waals surface area contributed by atoms with Gasteiger partial charge >= 0.3 is 0 Å². The second kappa shape index (κ2) is 5.87. The third-order valence-corrected chi connectivity index (χ3v) is 3.41. The van der Waals surface area contributed by atoms with Crippen LogP contribution in [0.2, 0.25) is 10.0 Å². The quantitative estimate of drug-likeness (QED) is 0.886. The second-order valence-electron chi connectivity index (χ2n) is 4.19. The fourth-order valence-corrected chi connectivity index (χ4v) is 2.29. The van der Waals surface area contributed by atoms with Crippen LogP contribution in [0.3, 0.4) is 0 Å². The minimum Gasteiger partial charge on any atom is -0.324 e. The molecule has 0 aromatic heterocycles. The predicted molar refractivity (Wildman–Crippen MR) is 73.5 cm³/mol. The number of halogens is 4. The van der Waals surface area contributed by atoms with Gasteiger partial charge in [0.05, 0.1) is 0 Å². The van der Waals surface area contributed by atoms with E-state index in [1.54, 1.807) is 18.2 Å². The van der Waals surface area contributed by atoms with Crippen LogP contribution < -0.4 is 5.73 Å². The molecule has 1 unspecified atom stereocenters. The van der Waals surface area contributed by atoms with Crippen LogP contribution >= 0.6 is 23.2 Å². The number of benzene rings is 2. The van der Waals surface area contributed by atoms with Gasteiger partial charge in [-0.15, -0.1) is 0 Å². The standard InChI is InChI=1S/C14H11Cl2F2N/c15-9-4-5-11(16)10(7-9)13(19)6-8-2-1-3-12(17)14(8)18/h1-5,7,13H,6,19H2. The molecule has 19 heavy (non-hydrogen) atoms. The third kappa shape index (κ3) is 3.24. The average molecular weight is 302 g/mol. The monoisotopic (exact) mass is 301 g/mol. The van der Waals surface area contributed by atoms with Gasteiger partial charge in [-0.2, -0.15) is 0 Å². The first-order chi connectivity index (χ1) is 8.99. The van der Waals surface area contributed by atoms with E-state index in [0.29, 0.717) is 15.6 Å². The van der Waals surface area contributed by atoms with Crippen LogP contribution in [0.15, 0.2) is 36.4 Å². The highest BCUT2D eigenvalue weighted by Gasteiger charge is 2.15. The molecule has 0 spiro atoms. The largest absolute Gasteiger partial charge is 0.324 e. The molecular weight excluding hydrogens is 291 g/mol. The van der Waals surface area contributed by atoms with Crippen molar-refractivity contribution in [3.05, 3.63) is 69.2 Å². The summed E-state index contributed by atoms with van der Waals surface area (Å²) in [6.45, 7) is 0. The van der Waals surface area contributed by atoms with Gasteiger partial charge in [0, 0.05) is 16.1 Å². The van der Waals surface area contributed by atoms with Gasteiger partial charge in [-0.1, -0.05) is 35.3 Å². The Balaban J connectivity index is 2.28. The van der Waals surface area contributed by atoms with E-state index < -0.39 is 17.7 Å². The molecule has 100 valence electrons. The molecule has 0 radical (unpaired) electrons. The Bertz CT molecular complexity index is 602. The molecule has 0 amide bonds. The fourth-order valence-electron chi connectivity index (χ4n) is 1.85. The number of hydrogen-bond donors (Lipinski definition) is 1. The topological polar surface area (TPSA) is 26.0 Å². The summed E-state index contributed by atoms with van der Waals surface area (Å²) in [5, 5.41) is 0.947. The van der Waals surface area contributed by atoms with Gasteiger partial charge in [0.1, 0.15) is 0 Å². The summed E-state index contributed by atoms with van der Waals surface area (Å²) in [4.78, 5) is 0. The molecule has 2 aromatic carbocycles. The minimum absolute atomic E-state index is 0.143. The van der Waals surface area contributed by atoms with E-state index in [1.807, 2.05) is 0 Å². The van der Waals surface area contributed by atoms with Crippen LogP contribution in [0.5, 0.6) is 0 Å². The van der Waals surface area contributed by atoms with Crippen LogP contribution in [0, 0.1) is 11.6 Å². The summed E-state index contributed by atoms with van der Waals surface area (Å²) in [5.74, 6) is -1.77. The van der Waals surface area contributed by atoms with Gasteiger partial charge in [-0.3, -0.25) is 0 Å². The predicted octanol–water partition coefficient (Wildman–Crippen LogP) is 4.51. The fraction of sp³-hybridized carbons (Fsp3) is 0.143. The first kappa shape index (κ1) is 14.3. The lowest BCUT2D eigenvalue weighted by molar-refractivity contribution is 0.494. The number of rotatable bonds is 3. The van der Waals surface area contributed by atoms with E-state index in [4.69, 9.17) is 28.9 Å². The number of nitrogens with two attached hydrogens (primary N) is 1. The van der Waals surface area contributed by atoms with Crippen LogP contribution in [-0.4, -0.2) is 0 Å². The van der Waals surface area contributed by atoms with Gasteiger partial charge in [0.15, 0.2) is 11.6 Å². The van der Waals surface area contributed by atoms with Gasteiger partial charge in [-0.25, -0.2) is 8.78 Å². The van der Waals surface area contributed by atoms with E-state index in [9.17, 15) is 8.78 Å². The van der Waals surface area contributed by atoms with Crippen LogP contribution in [0.1, 0.15) is 17.2 Å². The van der Waals surface area contributed by atoms with E-state index in [1.165, 1.54) is 12.1 Å². The molecule has 0 aliphatic heterocycles. The highest BCUT2D eigenvalue weighted by atomic mass is 35.5. The van der Waals surface area contributed by atoms with Crippen LogP contribution in [-0.2, 0) is 6.42 Å². The normalized spacial score (nSPS) is 12.5. The van der Waals surface area contributed by atoms with Gasteiger partial charge in [-0.05, 0) is 41.8 Å². The zero-order valence-corrected chi connectivity index (χ0v) is 11.3. The summed E-state index contributed by atoms with van der Waals surface area (Å²) in [6.07, 6.45) is 0.143. The van der Waals surface area contributed by atoms with Crippen molar-refractivity contribution >= 4 is 23.2 Å². The Hall–Kier alpha value is -1.16. The van der Waals surface area contributed by atoms with E-state index >= 15 is 0 Å². The van der Waals surface area contributed by atoms with Crippen LogP contribution in [0.25, 0.3) is 0 Å². The molecule has 5 heteroatoms. The molecule has 0 aliphatic carbocycles. The van der Waals surface area contributed by atoms with Crippen molar-refractivity contribution < 1.29 is 8.78 Å². The van der Waals surface area contributed by atoms with Crippen molar-refractivity contribution in [1.82, 2.24) is 0 Å². The van der Waals surface area contributed by atoms with E-state index in [0.717, 1.165) is 6.07 Å². The highest BCUT2D eigenvalue weighted by molar-refractivity contribution is 6.33. The van der Waals surface area contributed by atoms with Crippen molar-refractivity contribution in [1.29, 1.82) is 0 Å². The molecule has 0 aliphatic rings. The average Bonchev–Trinajstić information content (AvgIpc) is 2.38. The molecule has 0 heterocycles. The molecule has 2 rings (SSSR count). The van der Waals surface area contributed by atoms with Crippen molar-refractivity contribution in [2.24, 2.45) is 5.73 Å². The van der Waals surface area contributed by atoms with Gasteiger partial charge < -0.3 is 5.73 Å². The first-order valence-corrected chi connectivity index (χ1v) is 6.38. The molecule has 0 bridgehead atoms. The lowest BCUT2D eigenvalue weighted by Gasteiger charge is -2.15. The molecule has 0 saturated carbocycles. The van der Waals surface area contributed by atoms with Gasteiger partial charge in [0.2, 0.25) is 0 Å². The maximum Gasteiger partial charge on any atom is 0.162 e. The molecule has 0 fully saturated rings. The molecule has 0 saturated heterocycles. The molecular formula is C14H11Cl2F2N.